The van der Waals surface area contributed by atoms with Gasteiger partial charge in [0.1, 0.15) is 0 Å². The standard InChI is InChI=1S/C72H133NO3/c1-3-5-7-9-11-13-15-17-19-21-23-25-27-29-31-33-34-35-36-37-38-40-42-44-46-48-50-52-54-56-58-60-62-64-66-68-72(76)73-70(69-74)71(75)67-65-63-61-59-57-55-53-51-49-47-45-43-41-39-32-30-28-26-24-22-20-18-16-14-12-10-8-6-4-2/h5,7,11,13,17,19,23,25,29,31,34-35,70-71,74-75H,3-4,6,8-10,12,14-16,18,20-22,24,26-28,30,32-33,36-69H2,1-2H3,(H,73,76)/b7-5-,13-11-,19-17-,25-23-,31-29-,35-34-. The summed E-state index contributed by atoms with van der Waals surface area (Å²) in [7, 11) is 0. The van der Waals surface area contributed by atoms with E-state index in [4.69, 9.17) is 0 Å². The fourth-order valence-electron chi connectivity index (χ4n) is 10.6. The number of rotatable bonds is 63. The molecular weight excluding hydrogens is 927 g/mol. The van der Waals surface area contributed by atoms with Gasteiger partial charge in [-0.3, -0.25) is 4.79 Å². The van der Waals surface area contributed by atoms with Crippen molar-refractivity contribution in [1.82, 2.24) is 5.32 Å². The molecule has 0 aromatic rings. The Hall–Kier alpha value is -2.17. The number of unbranched alkanes of at least 4 members (excludes halogenated alkanes) is 44. The Morgan fingerprint density at radius 1 is 0.329 bits per heavy atom. The highest BCUT2D eigenvalue weighted by atomic mass is 16.3. The van der Waals surface area contributed by atoms with Gasteiger partial charge >= 0.3 is 0 Å². The van der Waals surface area contributed by atoms with E-state index < -0.39 is 12.1 Å². The first-order chi connectivity index (χ1) is 37.7. The summed E-state index contributed by atoms with van der Waals surface area (Å²) >= 11 is 0. The van der Waals surface area contributed by atoms with Crippen molar-refractivity contribution < 1.29 is 15.0 Å². The number of amides is 1. The smallest absolute Gasteiger partial charge is 0.220 e. The van der Waals surface area contributed by atoms with E-state index in [0.717, 1.165) is 64.2 Å². The van der Waals surface area contributed by atoms with Crippen LogP contribution in [-0.2, 0) is 4.79 Å². The van der Waals surface area contributed by atoms with E-state index in [1.165, 1.54) is 270 Å². The van der Waals surface area contributed by atoms with E-state index in [1.54, 1.807) is 0 Å². The minimum absolute atomic E-state index is 0.0273. The first-order valence-electron chi connectivity index (χ1n) is 34.1. The van der Waals surface area contributed by atoms with Gasteiger partial charge in [0, 0.05) is 6.42 Å². The molecule has 0 aliphatic heterocycles. The molecule has 4 nitrogen and oxygen atoms in total. The van der Waals surface area contributed by atoms with Crippen molar-refractivity contribution in [3.8, 4) is 0 Å². The predicted molar refractivity (Wildman–Crippen MR) is 341 cm³/mol. The summed E-state index contributed by atoms with van der Waals surface area (Å²) in [6.07, 6.45) is 96.6. The molecule has 0 heterocycles. The van der Waals surface area contributed by atoms with Crippen molar-refractivity contribution in [1.29, 1.82) is 0 Å². The molecule has 0 radical (unpaired) electrons. The van der Waals surface area contributed by atoms with Gasteiger partial charge in [-0.25, -0.2) is 0 Å². The topological polar surface area (TPSA) is 69.6 Å². The molecule has 3 N–H and O–H groups in total. The summed E-state index contributed by atoms with van der Waals surface area (Å²) in [6, 6.07) is -0.540. The van der Waals surface area contributed by atoms with Crippen molar-refractivity contribution in [3.63, 3.8) is 0 Å². The van der Waals surface area contributed by atoms with Gasteiger partial charge in [-0.15, -0.1) is 0 Å². The second-order valence-electron chi connectivity index (χ2n) is 23.2. The molecule has 0 aliphatic carbocycles. The number of carbonyl (C=O) groups is 1. The molecule has 0 saturated heterocycles. The molecule has 0 aliphatic rings. The van der Waals surface area contributed by atoms with Crippen LogP contribution in [0.1, 0.15) is 361 Å². The third-order valence-electron chi connectivity index (χ3n) is 15.7. The fraction of sp³-hybridized carbons (Fsp3) is 0.819. The van der Waals surface area contributed by atoms with Crippen LogP contribution in [0.25, 0.3) is 0 Å². The third kappa shape index (κ3) is 62.7. The van der Waals surface area contributed by atoms with Crippen LogP contribution >= 0.6 is 0 Å². The van der Waals surface area contributed by atoms with Crippen molar-refractivity contribution in [2.75, 3.05) is 6.61 Å². The van der Waals surface area contributed by atoms with E-state index in [2.05, 4.69) is 92.1 Å². The lowest BCUT2D eigenvalue weighted by Crippen LogP contribution is -2.45. The molecule has 76 heavy (non-hydrogen) atoms. The van der Waals surface area contributed by atoms with Crippen LogP contribution in [0.3, 0.4) is 0 Å². The average molecular weight is 1060 g/mol. The molecule has 2 unspecified atom stereocenters. The molecule has 2 atom stereocenters. The largest absolute Gasteiger partial charge is 0.394 e. The van der Waals surface area contributed by atoms with Crippen LogP contribution in [0, 0.1) is 0 Å². The number of carbonyl (C=O) groups excluding carboxylic acids is 1. The van der Waals surface area contributed by atoms with Gasteiger partial charge in [-0.1, -0.05) is 363 Å². The highest BCUT2D eigenvalue weighted by molar-refractivity contribution is 5.76. The Morgan fingerprint density at radius 3 is 0.868 bits per heavy atom. The fourth-order valence-corrected chi connectivity index (χ4v) is 10.6. The molecular formula is C72H133NO3. The Morgan fingerprint density at radius 2 is 0.579 bits per heavy atom. The first-order valence-corrected chi connectivity index (χ1v) is 34.1. The van der Waals surface area contributed by atoms with E-state index in [-0.39, 0.29) is 12.5 Å². The maximum atomic E-state index is 12.6. The summed E-state index contributed by atoms with van der Waals surface area (Å²) in [5.74, 6) is -0.0273. The quantitative estimate of drug-likeness (QED) is 0.0420. The van der Waals surface area contributed by atoms with E-state index >= 15 is 0 Å². The summed E-state index contributed by atoms with van der Waals surface area (Å²) < 4.78 is 0. The van der Waals surface area contributed by atoms with Gasteiger partial charge in [0.2, 0.25) is 5.91 Å². The zero-order valence-electron chi connectivity index (χ0n) is 51.3. The monoisotopic (exact) mass is 1060 g/mol. The Balaban J connectivity index is 3.43. The minimum atomic E-state index is -0.663. The van der Waals surface area contributed by atoms with E-state index in [0.29, 0.717) is 12.8 Å². The summed E-state index contributed by atoms with van der Waals surface area (Å²) in [4.78, 5) is 12.6. The Bertz CT molecular complexity index is 1290. The Kier molecular flexibility index (Phi) is 65.2. The molecule has 0 aromatic heterocycles. The third-order valence-corrected chi connectivity index (χ3v) is 15.7. The molecule has 0 fully saturated rings. The van der Waals surface area contributed by atoms with Crippen LogP contribution in [0.5, 0.6) is 0 Å². The van der Waals surface area contributed by atoms with Gasteiger partial charge in [0.05, 0.1) is 18.8 Å². The summed E-state index contributed by atoms with van der Waals surface area (Å²) in [6.45, 7) is 4.28. The summed E-state index contributed by atoms with van der Waals surface area (Å²) in [5.41, 5.74) is 0. The van der Waals surface area contributed by atoms with E-state index in [9.17, 15) is 15.0 Å². The van der Waals surface area contributed by atoms with Crippen molar-refractivity contribution in [2.24, 2.45) is 0 Å². The first kappa shape index (κ1) is 73.8. The number of hydrogen-bond acceptors (Lipinski definition) is 3. The molecule has 0 rings (SSSR count). The average Bonchev–Trinajstić information content (AvgIpc) is 3.42. The van der Waals surface area contributed by atoms with Crippen LogP contribution in [0.2, 0.25) is 0 Å². The Labute approximate surface area is 476 Å². The SMILES string of the molecule is CC/C=C\C/C=C\C/C=C\C/C=C\C/C=C\C/C=C\CCCCCCCCCCCCCCCCCCC(=O)NC(CO)C(O)CCCCCCCCCCCCCCCCCCCCCCCCCCCCCCC. The predicted octanol–water partition coefficient (Wildman–Crippen LogP) is 23.3. The zero-order chi connectivity index (χ0) is 54.8. The lowest BCUT2D eigenvalue weighted by atomic mass is 10.0. The second-order valence-corrected chi connectivity index (χ2v) is 23.2. The number of allylic oxidation sites excluding steroid dienone is 12. The highest BCUT2D eigenvalue weighted by Crippen LogP contribution is 2.19. The van der Waals surface area contributed by atoms with Crippen LogP contribution in [0.4, 0.5) is 0 Å². The molecule has 444 valence electrons. The van der Waals surface area contributed by atoms with Gasteiger partial charge < -0.3 is 15.5 Å². The minimum Gasteiger partial charge on any atom is -0.394 e. The van der Waals surface area contributed by atoms with Crippen molar-refractivity contribution in [2.45, 2.75) is 373 Å². The molecule has 0 aromatic carbocycles. The van der Waals surface area contributed by atoms with Crippen LogP contribution < -0.4 is 5.32 Å². The molecule has 0 bridgehead atoms. The number of aliphatic hydroxyl groups is 2. The lowest BCUT2D eigenvalue weighted by Gasteiger charge is -2.22. The van der Waals surface area contributed by atoms with Crippen molar-refractivity contribution in [3.05, 3.63) is 72.9 Å². The summed E-state index contributed by atoms with van der Waals surface area (Å²) in [5, 5.41) is 23.5. The van der Waals surface area contributed by atoms with Crippen molar-refractivity contribution >= 4 is 5.91 Å². The van der Waals surface area contributed by atoms with Crippen LogP contribution in [0.15, 0.2) is 72.9 Å². The number of nitrogens with one attached hydrogen (secondary N) is 1. The normalized spacial score (nSPS) is 13.2. The van der Waals surface area contributed by atoms with Gasteiger partial charge in [0.25, 0.3) is 0 Å². The molecule has 0 saturated carbocycles. The second kappa shape index (κ2) is 67.1. The maximum absolute atomic E-state index is 12.6. The maximum Gasteiger partial charge on any atom is 0.220 e. The zero-order valence-corrected chi connectivity index (χ0v) is 51.3. The van der Waals surface area contributed by atoms with E-state index in [1.807, 2.05) is 0 Å². The van der Waals surface area contributed by atoms with Crippen LogP contribution in [-0.4, -0.2) is 34.9 Å². The van der Waals surface area contributed by atoms with Gasteiger partial charge in [-0.2, -0.15) is 0 Å². The number of aliphatic hydroxyl groups excluding tert-OH is 2. The number of hydrogen-bond donors (Lipinski definition) is 3. The molecule has 1 amide bonds. The molecule has 0 spiro atoms. The lowest BCUT2D eigenvalue weighted by molar-refractivity contribution is -0.123. The van der Waals surface area contributed by atoms with Gasteiger partial charge in [-0.05, 0) is 64.2 Å². The molecule has 4 heteroatoms. The highest BCUT2D eigenvalue weighted by Gasteiger charge is 2.20. The van der Waals surface area contributed by atoms with Gasteiger partial charge in [0.15, 0.2) is 0 Å².